The van der Waals surface area contributed by atoms with E-state index >= 15 is 0 Å². The van der Waals surface area contributed by atoms with E-state index in [4.69, 9.17) is 4.74 Å². The van der Waals surface area contributed by atoms with Crippen molar-refractivity contribution in [3.05, 3.63) is 90.6 Å². The fourth-order valence-corrected chi connectivity index (χ4v) is 2.62. The number of ether oxygens (including phenoxy) is 1. The van der Waals surface area contributed by atoms with E-state index in [-0.39, 0.29) is 0 Å². The lowest BCUT2D eigenvalue weighted by Crippen LogP contribution is -2.02. The predicted molar refractivity (Wildman–Crippen MR) is 94.4 cm³/mol. The van der Waals surface area contributed by atoms with Crippen molar-refractivity contribution in [2.45, 2.75) is 6.42 Å². The Bertz CT molecular complexity index is 989. The van der Waals surface area contributed by atoms with Gasteiger partial charge < -0.3 is 4.74 Å². The second-order valence-electron chi connectivity index (χ2n) is 5.45. The van der Waals surface area contributed by atoms with Gasteiger partial charge >= 0.3 is 0 Å². The summed E-state index contributed by atoms with van der Waals surface area (Å²) in [4.78, 5) is 13.3. The van der Waals surface area contributed by atoms with Gasteiger partial charge in [0.25, 0.3) is 0 Å². The van der Waals surface area contributed by atoms with Crippen LogP contribution in [0.3, 0.4) is 0 Å². The maximum absolute atomic E-state index is 6.00. The molecule has 1 aliphatic heterocycles. The number of hydrogen-bond donors (Lipinski definition) is 0. The van der Waals surface area contributed by atoms with Gasteiger partial charge in [-0.05, 0) is 36.3 Å². The molecule has 0 aliphatic carbocycles. The fraction of sp³-hybridized carbons (Fsp3) is 0.0500. The van der Waals surface area contributed by atoms with Crippen molar-refractivity contribution in [3.8, 4) is 5.75 Å². The second-order valence-corrected chi connectivity index (χ2v) is 5.45. The van der Waals surface area contributed by atoms with Crippen molar-refractivity contribution in [1.29, 1.82) is 0 Å². The van der Waals surface area contributed by atoms with Crippen LogP contribution >= 0.6 is 0 Å². The molecule has 116 valence electrons. The summed E-state index contributed by atoms with van der Waals surface area (Å²) in [5.41, 5.74) is 3.97. The lowest BCUT2D eigenvalue weighted by atomic mass is 10.1. The molecule has 0 bridgehead atoms. The van der Waals surface area contributed by atoms with E-state index in [9.17, 15) is 0 Å². The number of nitrogens with zero attached hydrogens (tertiary/aromatic N) is 3. The molecular weight excluding hydrogens is 298 g/mol. The first-order valence-corrected chi connectivity index (χ1v) is 7.71. The van der Waals surface area contributed by atoms with Crippen LogP contribution in [0.25, 0.3) is 16.7 Å². The second kappa shape index (κ2) is 6.08. The highest BCUT2D eigenvalue weighted by Crippen LogP contribution is 2.28. The third kappa shape index (κ3) is 2.70. The van der Waals surface area contributed by atoms with Crippen LogP contribution in [0.2, 0.25) is 0 Å². The number of hydrogen-bond acceptors (Lipinski definition) is 4. The first kappa shape index (κ1) is 14.3. The quantitative estimate of drug-likeness (QED) is 0.678. The summed E-state index contributed by atoms with van der Waals surface area (Å²) in [5, 5.41) is 0. The molecule has 1 aliphatic rings. The monoisotopic (exact) mass is 313 g/mol. The van der Waals surface area contributed by atoms with E-state index in [0.29, 0.717) is 17.1 Å². The zero-order valence-corrected chi connectivity index (χ0v) is 13.0. The molecule has 1 aromatic carbocycles. The molecule has 0 unspecified atom stereocenters. The standard InChI is InChI=1S/C20H15N3O/c1-14-16(18-13-22-17-10-6-12-21-20(17)23-18)9-4-2-7-15-8-3-5-11-19(15)24-14/h2-6,8-13H,1,7H2/b4-2-,16-9?. The van der Waals surface area contributed by atoms with Crippen molar-refractivity contribution in [3.63, 3.8) is 0 Å². The summed E-state index contributed by atoms with van der Waals surface area (Å²) in [6, 6.07) is 11.7. The van der Waals surface area contributed by atoms with Crippen LogP contribution in [-0.2, 0) is 6.42 Å². The number of aromatic nitrogens is 3. The van der Waals surface area contributed by atoms with Crippen molar-refractivity contribution < 1.29 is 4.74 Å². The molecule has 4 rings (SSSR count). The smallest absolute Gasteiger partial charge is 0.178 e. The van der Waals surface area contributed by atoms with E-state index in [0.717, 1.165) is 28.8 Å². The molecule has 3 aromatic rings. The summed E-state index contributed by atoms with van der Waals surface area (Å²) in [6.07, 6.45) is 10.3. The Morgan fingerprint density at radius 1 is 1.04 bits per heavy atom. The van der Waals surface area contributed by atoms with Gasteiger partial charge in [0, 0.05) is 11.8 Å². The molecule has 0 atom stereocenters. The molecule has 0 amide bonds. The average molecular weight is 313 g/mol. The van der Waals surface area contributed by atoms with E-state index in [2.05, 4.69) is 33.7 Å². The minimum absolute atomic E-state index is 0.540. The van der Waals surface area contributed by atoms with Crippen molar-refractivity contribution in [1.82, 2.24) is 15.0 Å². The first-order chi connectivity index (χ1) is 11.8. The Morgan fingerprint density at radius 2 is 1.96 bits per heavy atom. The maximum Gasteiger partial charge on any atom is 0.178 e. The minimum Gasteiger partial charge on any atom is -0.457 e. The van der Waals surface area contributed by atoms with E-state index < -0.39 is 0 Å². The van der Waals surface area contributed by atoms with Crippen LogP contribution in [0.15, 0.2) is 79.4 Å². The number of allylic oxidation sites excluding steroid dienone is 4. The summed E-state index contributed by atoms with van der Waals surface area (Å²) in [6.45, 7) is 4.08. The Labute approximate surface area is 139 Å². The Balaban J connectivity index is 1.77. The SMILES string of the molecule is C=C1Oc2ccccc2C/C=C\C=C1c1cnc2cccnc2n1. The van der Waals surface area contributed by atoms with Gasteiger partial charge in [-0.1, -0.05) is 36.9 Å². The van der Waals surface area contributed by atoms with Crippen molar-refractivity contribution >= 4 is 16.7 Å². The summed E-state index contributed by atoms with van der Waals surface area (Å²) in [5.74, 6) is 1.35. The number of fused-ring (bicyclic) bond motifs is 2. The highest BCUT2D eigenvalue weighted by Gasteiger charge is 2.14. The average Bonchev–Trinajstić information content (AvgIpc) is 2.70. The summed E-state index contributed by atoms with van der Waals surface area (Å²) >= 11 is 0. The van der Waals surface area contributed by atoms with Gasteiger partial charge in [-0.15, -0.1) is 0 Å². The largest absolute Gasteiger partial charge is 0.457 e. The van der Waals surface area contributed by atoms with Crippen LogP contribution < -0.4 is 4.74 Å². The normalized spacial score (nSPS) is 15.5. The van der Waals surface area contributed by atoms with Gasteiger partial charge in [-0.2, -0.15) is 0 Å². The molecule has 2 aromatic heterocycles. The van der Waals surface area contributed by atoms with Crippen LogP contribution in [0.5, 0.6) is 5.75 Å². The third-order valence-corrected chi connectivity index (χ3v) is 3.84. The Kier molecular flexibility index (Phi) is 3.63. The number of rotatable bonds is 1. The molecular formula is C20H15N3O. The zero-order chi connectivity index (χ0) is 16.4. The molecule has 0 fully saturated rings. The van der Waals surface area contributed by atoms with Crippen LogP contribution in [0.1, 0.15) is 11.3 Å². The number of benzene rings is 1. The molecule has 3 heterocycles. The maximum atomic E-state index is 6.00. The van der Waals surface area contributed by atoms with E-state index in [1.807, 2.05) is 42.5 Å². The van der Waals surface area contributed by atoms with Crippen LogP contribution in [0, 0.1) is 0 Å². The summed E-state index contributed by atoms with van der Waals surface area (Å²) in [7, 11) is 0. The Morgan fingerprint density at radius 3 is 2.92 bits per heavy atom. The molecule has 0 saturated heterocycles. The number of pyridine rings is 1. The van der Waals surface area contributed by atoms with Gasteiger partial charge in [-0.3, -0.25) is 4.98 Å². The Hall–Kier alpha value is -3.27. The van der Waals surface area contributed by atoms with Gasteiger partial charge in [-0.25, -0.2) is 9.97 Å². The number of para-hydroxylation sites is 1. The molecule has 0 radical (unpaired) electrons. The highest BCUT2D eigenvalue weighted by molar-refractivity contribution is 5.79. The molecule has 4 heteroatoms. The lowest BCUT2D eigenvalue weighted by Gasteiger charge is -2.13. The molecule has 0 spiro atoms. The highest BCUT2D eigenvalue weighted by atomic mass is 16.5. The van der Waals surface area contributed by atoms with Gasteiger partial charge in [0.2, 0.25) is 0 Å². The zero-order valence-electron chi connectivity index (χ0n) is 13.0. The van der Waals surface area contributed by atoms with Crippen LogP contribution in [0.4, 0.5) is 0 Å². The molecule has 4 nitrogen and oxygen atoms in total. The van der Waals surface area contributed by atoms with Gasteiger partial charge in [0.1, 0.15) is 17.0 Å². The molecule has 0 saturated carbocycles. The minimum atomic E-state index is 0.540. The summed E-state index contributed by atoms with van der Waals surface area (Å²) < 4.78 is 6.00. The first-order valence-electron chi connectivity index (χ1n) is 7.71. The topological polar surface area (TPSA) is 47.9 Å². The molecule has 24 heavy (non-hydrogen) atoms. The van der Waals surface area contributed by atoms with Gasteiger partial charge in [0.05, 0.1) is 11.9 Å². The van der Waals surface area contributed by atoms with E-state index in [1.165, 1.54) is 0 Å². The molecule has 0 N–H and O–H groups in total. The predicted octanol–water partition coefficient (Wildman–Crippen LogP) is 4.11. The fourth-order valence-electron chi connectivity index (χ4n) is 2.62. The third-order valence-electron chi connectivity index (χ3n) is 3.84. The van der Waals surface area contributed by atoms with Gasteiger partial charge in [0.15, 0.2) is 5.65 Å². The van der Waals surface area contributed by atoms with E-state index in [1.54, 1.807) is 12.4 Å². The van der Waals surface area contributed by atoms with Crippen LogP contribution in [-0.4, -0.2) is 15.0 Å². The lowest BCUT2D eigenvalue weighted by molar-refractivity contribution is 0.447. The van der Waals surface area contributed by atoms with Crippen molar-refractivity contribution in [2.24, 2.45) is 0 Å². The van der Waals surface area contributed by atoms with Crippen molar-refractivity contribution in [2.75, 3.05) is 0 Å².